The van der Waals surface area contributed by atoms with Crippen molar-refractivity contribution < 1.29 is 22.8 Å². The molecule has 2 amide bonds. The van der Waals surface area contributed by atoms with Crippen LogP contribution in [0.15, 0.2) is 52.4 Å². The van der Waals surface area contributed by atoms with Gasteiger partial charge in [0.1, 0.15) is 0 Å². The highest BCUT2D eigenvalue weighted by atomic mass is 32.1. The standard InChI is InChI=1S/C21H21F3N4O2S/c22-21(23,24)17-11-14(18(29)27-20(25)26)3-6-16(17)12-7-9-28(10-8-12)19(30)13-1-4-15(31)5-2-13/h1-6,11-12,31H,7-10H2,(H4,25,26,27,29). The predicted molar refractivity (Wildman–Crippen MR) is 113 cm³/mol. The Morgan fingerprint density at radius 3 is 2.13 bits per heavy atom. The molecule has 0 atom stereocenters. The molecule has 164 valence electrons. The lowest BCUT2D eigenvalue weighted by atomic mass is 9.85. The van der Waals surface area contributed by atoms with E-state index in [2.05, 4.69) is 17.6 Å². The summed E-state index contributed by atoms with van der Waals surface area (Å²) >= 11 is 4.19. The zero-order chi connectivity index (χ0) is 22.8. The van der Waals surface area contributed by atoms with E-state index in [1.807, 2.05) is 0 Å². The number of thiol groups is 1. The largest absolute Gasteiger partial charge is 0.416 e. The maximum absolute atomic E-state index is 13.7. The molecule has 1 heterocycles. The number of aliphatic imine (C=N–C) groups is 1. The average Bonchev–Trinajstić information content (AvgIpc) is 2.72. The fraction of sp³-hybridized carbons (Fsp3) is 0.286. The molecule has 1 saturated heterocycles. The number of halogens is 3. The summed E-state index contributed by atoms with van der Waals surface area (Å²) in [5.74, 6) is -2.03. The van der Waals surface area contributed by atoms with Crippen molar-refractivity contribution >= 4 is 30.4 Å². The Labute approximate surface area is 182 Å². The molecular formula is C21H21F3N4O2S. The number of likely N-dealkylation sites (tertiary alicyclic amines) is 1. The molecule has 31 heavy (non-hydrogen) atoms. The third-order valence-corrected chi connectivity index (χ3v) is 5.47. The summed E-state index contributed by atoms with van der Waals surface area (Å²) < 4.78 is 41.1. The first kappa shape index (κ1) is 22.7. The number of nitrogens with two attached hydrogens (primary N) is 2. The van der Waals surface area contributed by atoms with Gasteiger partial charge in [-0.25, -0.2) is 0 Å². The minimum atomic E-state index is -4.65. The van der Waals surface area contributed by atoms with Crippen LogP contribution >= 0.6 is 12.6 Å². The van der Waals surface area contributed by atoms with Gasteiger partial charge in [0.2, 0.25) is 0 Å². The molecule has 0 aliphatic carbocycles. The lowest BCUT2D eigenvalue weighted by molar-refractivity contribution is -0.138. The second-order valence-corrected chi connectivity index (χ2v) is 7.77. The normalized spacial score (nSPS) is 14.9. The number of hydrogen-bond donors (Lipinski definition) is 3. The quantitative estimate of drug-likeness (QED) is 0.379. The van der Waals surface area contributed by atoms with E-state index in [0.717, 1.165) is 11.0 Å². The third kappa shape index (κ3) is 5.38. The lowest BCUT2D eigenvalue weighted by Crippen LogP contribution is -2.38. The second-order valence-electron chi connectivity index (χ2n) is 7.25. The molecule has 2 aromatic rings. The van der Waals surface area contributed by atoms with Crippen molar-refractivity contribution in [3.8, 4) is 0 Å². The molecule has 0 spiro atoms. The Kier molecular flexibility index (Phi) is 6.59. The molecule has 2 aromatic carbocycles. The van der Waals surface area contributed by atoms with Gasteiger partial charge in [0.05, 0.1) is 5.56 Å². The molecule has 3 rings (SSSR count). The summed E-state index contributed by atoms with van der Waals surface area (Å²) in [5.41, 5.74) is 9.74. The number of benzene rings is 2. The predicted octanol–water partition coefficient (Wildman–Crippen LogP) is 3.43. The van der Waals surface area contributed by atoms with Gasteiger partial charge in [-0.15, -0.1) is 12.6 Å². The Balaban J connectivity index is 1.79. The Morgan fingerprint density at radius 2 is 1.58 bits per heavy atom. The number of nitrogens with zero attached hydrogens (tertiary/aromatic N) is 2. The van der Waals surface area contributed by atoms with Crippen molar-refractivity contribution in [2.45, 2.75) is 29.8 Å². The van der Waals surface area contributed by atoms with E-state index < -0.39 is 29.5 Å². The van der Waals surface area contributed by atoms with Crippen LogP contribution in [0.4, 0.5) is 13.2 Å². The molecule has 1 fully saturated rings. The van der Waals surface area contributed by atoms with Crippen LogP contribution in [-0.4, -0.2) is 35.8 Å². The van der Waals surface area contributed by atoms with Crippen molar-refractivity contribution in [2.24, 2.45) is 16.5 Å². The number of alkyl halides is 3. The summed E-state index contributed by atoms with van der Waals surface area (Å²) in [6.07, 6.45) is -3.90. The first-order chi connectivity index (χ1) is 14.6. The molecule has 0 radical (unpaired) electrons. The first-order valence-electron chi connectivity index (χ1n) is 9.49. The Morgan fingerprint density at radius 1 is 1.00 bits per heavy atom. The maximum Gasteiger partial charge on any atom is 0.416 e. The Hall–Kier alpha value is -3.01. The van der Waals surface area contributed by atoms with Gasteiger partial charge < -0.3 is 16.4 Å². The van der Waals surface area contributed by atoms with E-state index in [1.54, 1.807) is 29.2 Å². The van der Waals surface area contributed by atoms with Crippen molar-refractivity contribution in [1.82, 2.24) is 4.90 Å². The van der Waals surface area contributed by atoms with Gasteiger partial charge >= 0.3 is 6.18 Å². The zero-order valence-corrected chi connectivity index (χ0v) is 17.3. The fourth-order valence-corrected chi connectivity index (χ4v) is 3.80. The number of guanidine groups is 1. The molecule has 6 nitrogen and oxygen atoms in total. The number of amides is 2. The van der Waals surface area contributed by atoms with E-state index in [-0.39, 0.29) is 17.0 Å². The van der Waals surface area contributed by atoms with E-state index >= 15 is 0 Å². The van der Waals surface area contributed by atoms with Gasteiger partial charge in [-0.1, -0.05) is 6.07 Å². The van der Waals surface area contributed by atoms with E-state index in [1.165, 1.54) is 12.1 Å². The van der Waals surface area contributed by atoms with Crippen LogP contribution in [0.2, 0.25) is 0 Å². The summed E-state index contributed by atoms with van der Waals surface area (Å²) in [7, 11) is 0. The van der Waals surface area contributed by atoms with E-state index in [4.69, 9.17) is 11.5 Å². The molecule has 4 N–H and O–H groups in total. The second kappa shape index (κ2) is 9.01. The minimum Gasteiger partial charge on any atom is -0.370 e. The van der Waals surface area contributed by atoms with Crippen LogP contribution in [0, 0.1) is 0 Å². The number of carbonyl (C=O) groups excluding carboxylic acids is 2. The van der Waals surface area contributed by atoms with Crippen LogP contribution in [0.25, 0.3) is 0 Å². The maximum atomic E-state index is 13.7. The number of piperidine rings is 1. The smallest absolute Gasteiger partial charge is 0.370 e. The number of rotatable bonds is 3. The van der Waals surface area contributed by atoms with Gasteiger partial charge in [-0.05, 0) is 60.7 Å². The van der Waals surface area contributed by atoms with E-state index in [0.29, 0.717) is 31.5 Å². The summed E-state index contributed by atoms with van der Waals surface area (Å²) in [6, 6.07) is 10.1. The first-order valence-corrected chi connectivity index (χ1v) is 9.94. The molecular weight excluding hydrogens is 429 g/mol. The molecule has 0 unspecified atom stereocenters. The summed E-state index contributed by atoms with van der Waals surface area (Å²) in [4.78, 5) is 30.2. The van der Waals surface area contributed by atoms with Crippen LogP contribution in [0.3, 0.4) is 0 Å². The fourth-order valence-electron chi connectivity index (χ4n) is 3.65. The zero-order valence-electron chi connectivity index (χ0n) is 16.4. The van der Waals surface area contributed by atoms with Gasteiger partial charge in [0.25, 0.3) is 11.8 Å². The monoisotopic (exact) mass is 450 g/mol. The van der Waals surface area contributed by atoms with Crippen LogP contribution in [0.5, 0.6) is 0 Å². The molecule has 1 aliphatic rings. The summed E-state index contributed by atoms with van der Waals surface area (Å²) in [5, 5.41) is 0. The highest BCUT2D eigenvalue weighted by Gasteiger charge is 2.37. The third-order valence-electron chi connectivity index (χ3n) is 5.17. The molecule has 10 heteroatoms. The van der Waals surface area contributed by atoms with Crippen molar-refractivity contribution in [2.75, 3.05) is 13.1 Å². The highest BCUT2D eigenvalue weighted by Crippen LogP contribution is 2.39. The van der Waals surface area contributed by atoms with Crippen LogP contribution < -0.4 is 11.5 Å². The van der Waals surface area contributed by atoms with E-state index in [9.17, 15) is 22.8 Å². The van der Waals surface area contributed by atoms with Gasteiger partial charge in [-0.2, -0.15) is 18.2 Å². The topological polar surface area (TPSA) is 102 Å². The van der Waals surface area contributed by atoms with Gasteiger partial charge in [0.15, 0.2) is 5.96 Å². The molecule has 1 aliphatic heterocycles. The van der Waals surface area contributed by atoms with Gasteiger partial charge in [-0.3, -0.25) is 9.59 Å². The van der Waals surface area contributed by atoms with Crippen molar-refractivity contribution in [3.05, 3.63) is 64.7 Å². The number of carbonyl (C=O) groups is 2. The average molecular weight is 450 g/mol. The molecule has 0 saturated carbocycles. The van der Waals surface area contributed by atoms with Crippen LogP contribution in [-0.2, 0) is 6.18 Å². The highest BCUT2D eigenvalue weighted by molar-refractivity contribution is 7.80. The summed E-state index contributed by atoms with van der Waals surface area (Å²) in [6.45, 7) is 0.663. The Bertz CT molecular complexity index is 1010. The SMILES string of the molecule is NC(N)=NC(=O)c1ccc(C2CCN(C(=O)c3ccc(S)cc3)CC2)c(C(F)(F)F)c1. The van der Waals surface area contributed by atoms with Crippen LogP contribution in [0.1, 0.15) is 50.6 Å². The number of hydrogen-bond acceptors (Lipinski definition) is 3. The van der Waals surface area contributed by atoms with Crippen molar-refractivity contribution in [1.29, 1.82) is 0 Å². The lowest BCUT2D eigenvalue weighted by Gasteiger charge is -2.33. The molecule has 0 bridgehead atoms. The van der Waals surface area contributed by atoms with Crippen molar-refractivity contribution in [3.63, 3.8) is 0 Å². The minimum absolute atomic E-state index is 0.0975. The van der Waals surface area contributed by atoms with Gasteiger partial charge in [0, 0.05) is 29.1 Å². The molecule has 0 aromatic heterocycles.